The SMILES string of the molecule is CC(C)(C)[Si](C)(C)OC[C@@]1(C2CO2)C[C@H]2OCC=C[C@H]2O1. The van der Waals surface area contributed by atoms with Crippen LogP contribution in [0.2, 0.25) is 18.1 Å². The minimum atomic E-state index is -1.78. The third kappa shape index (κ3) is 2.99. The van der Waals surface area contributed by atoms with Gasteiger partial charge in [-0.05, 0) is 18.1 Å². The van der Waals surface area contributed by atoms with Crippen molar-refractivity contribution >= 4 is 8.32 Å². The summed E-state index contributed by atoms with van der Waals surface area (Å²) in [5.74, 6) is 0. The lowest BCUT2D eigenvalue weighted by Crippen LogP contribution is -2.48. The lowest BCUT2D eigenvalue weighted by atomic mass is 9.95. The highest BCUT2D eigenvalue weighted by molar-refractivity contribution is 6.74. The summed E-state index contributed by atoms with van der Waals surface area (Å²) in [5, 5.41) is 0.209. The first-order valence-electron chi connectivity index (χ1n) is 7.95. The summed E-state index contributed by atoms with van der Waals surface area (Å²) in [6.07, 6.45) is 5.43. The Morgan fingerprint density at radius 2 is 2.00 bits per heavy atom. The quantitative estimate of drug-likeness (QED) is 0.455. The predicted octanol–water partition coefficient (Wildman–Crippen LogP) is 2.89. The molecule has 0 aromatic rings. The van der Waals surface area contributed by atoms with Gasteiger partial charge >= 0.3 is 0 Å². The third-order valence-electron chi connectivity index (χ3n) is 5.42. The van der Waals surface area contributed by atoms with E-state index in [4.69, 9.17) is 18.6 Å². The summed E-state index contributed by atoms with van der Waals surface area (Å²) in [6, 6.07) is 0. The first-order valence-corrected chi connectivity index (χ1v) is 10.9. The van der Waals surface area contributed by atoms with Crippen LogP contribution in [0.1, 0.15) is 27.2 Å². The molecule has 21 heavy (non-hydrogen) atoms. The van der Waals surface area contributed by atoms with E-state index in [2.05, 4.69) is 39.9 Å². The molecule has 0 bridgehead atoms. The van der Waals surface area contributed by atoms with Crippen LogP contribution < -0.4 is 0 Å². The van der Waals surface area contributed by atoms with Gasteiger partial charge in [-0.25, -0.2) is 0 Å². The van der Waals surface area contributed by atoms with Crippen molar-refractivity contribution in [3.8, 4) is 0 Å². The van der Waals surface area contributed by atoms with Gasteiger partial charge in [0, 0.05) is 6.42 Å². The molecule has 0 N–H and O–H groups in total. The van der Waals surface area contributed by atoms with E-state index >= 15 is 0 Å². The molecule has 1 unspecified atom stereocenters. The Labute approximate surface area is 128 Å². The van der Waals surface area contributed by atoms with Crippen molar-refractivity contribution in [3.05, 3.63) is 12.2 Å². The molecular weight excluding hydrogens is 284 g/mol. The van der Waals surface area contributed by atoms with Gasteiger partial charge in [-0.15, -0.1) is 0 Å². The average Bonchev–Trinajstić information content (AvgIpc) is 3.17. The number of rotatable bonds is 4. The molecule has 0 radical (unpaired) electrons. The van der Waals surface area contributed by atoms with Crippen LogP contribution in [0.4, 0.5) is 0 Å². The van der Waals surface area contributed by atoms with Gasteiger partial charge in [0.2, 0.25) is 0 Å². The van der Waals surface area contributed by atoms with E-state index in [-0.39, 0.29) is 29.0 Å². The Kier molecular flexibility index (Phi) is 3.86. The third-order valence-corrected chi connectivity index (χ3v) is 9.90. The highest BCUT2D eigenvalue weighted by Gasteiger charge is 2.57. The van der Waals surface area contributed by atoms with E-state index in [0.717, 1.165) is 13.0 Å². The summed E-state index contributed by atoms with van der Waals surface area (Å²) in [7, 11) is -1.78. The molecule has 3 rings (SSSR count). The first kappa shape index (κ1) is 15.7. The molecule has 2 saturated heterocycles. The topological polar surface area (TPSA) is 40.2 Å². The average molecular weight is 312 g/mol. The molecular formula is C16H28O4Si. The van der Waals surface area contributed by atoms with Gasteiger partial charge in [-0.3, -0.25) is 0 Å². The summed E-state index contributed by atoms with van der Waals surface area (Å²) < 4.78 is 24.2. The zero-order valence-electron chi connectivity index (χ0n) is 13.8. The van der Waals surface area contributed by atoms with Crippen molar-refractivity contribution in [2.45, 2.75) is 69.2 Å². The summed E-state index contributed by atoms with van der Waals surface area (Å²) in [5.41, 5.74) is -0.320. The maximum Gasteiger partial charge on any atom is 0.192 e. The van der Waals surface area contributed by atoms with Gasteiger partial charge in [0.25, 0.3) is 0 Å². The molecule has 4 nitrogen and oxygen atoms in total. The highest BCUT2D eigenvalue weighted by Crippen LogP contribution is 2.44. The fourth-order valence-electron chi connectivity index (χ4n) is 2.80. The molecule has 0 aromatic carbocycles. The van der Waals surface area contributed by atoms with Gasteiger partial charge < -0.3 is 18.6 Å². The first-order chi connectivity index (χ1) is 9.74. The molecule has 0 spiro atoms. The van der Waals surface area contributed by atoms with E-state index in [1.807, 2.05) is 6.08 Å². The minimum absolute atomic E-state index is 0.0611. The van der Waals surface area contributed by atoms with Crippen molar-refractivity contribution in [1.82, 2.24) is 0 Å². The number of ether oxygens (including phenoxy) is 3. The lowest BCUT2D eigenvalue weighted by molar-refractivity contribution is -0.0790. The van der Waals surface area contributed by atoms with E-state index in [9.17, 15) is 0 Å². The normalized spacial score (nSPS) is 39.4. The largest absolute Gasteiger partial charge is 0.414 e. The highest BCUT2D eigenvalue weighted by atomic mass is 28.4. The van der Waals surface area contributed by atoms with Crippen LogP contribution in [0.3, 0.4) is 0 Å². The molecule has 0 amide bonds. The fourth-order valence-corrected chi connectivity index (χ4v) is 3.84. The molecule has 2 fully saturated rings. The van der Waals surface area contributed by atoms with Gasteiger partial charge in [0.1, 0.15) is 17.8 Å². The lowest BCUT2D eigenvalue weighted by Gasteiger charge is -2.39. The molecule has 0 aromatic heterocycles. The molecule has 3 aliphatic heterocycles. The van der Waals surface area contributed by atoms with Crippen LogP contribution in [0.5, 0.6) is 0 Å². The maximum atomic E-state index is 6.44. The van der Waals surface area contributed by atoms with Gasteiger partial charge in [0.15, 0.2) is 8.32 Å². The van der Waals surface area contributed by atoms with Crippen molar-refractivity contribution in [2.75, 3.05) is 19.8 Å². The van der Waals surface area contributed by atoms with Gasteiger partial charge in [-0.2, -0.15) is 0 Å². The standard InChI is InChI=1S/C16H28O4Si/c1-15(2,3)21(4,5)19-11-16(14-10-18-14)9-13-12(20-16)7-6-8-17-13/h6-7,12-14H,8-11H2,1-5H3/t12-,13-,14?,16-/m1/s1. The zero-order chi connectivity index (χ0) is 15.3. The number of fused-ring (bicyclic) bond motifs is 1. The Morgan fingerprint density at radius 1 is 1.29 bits per heavy atom. The Morgan fingerprint density at radius 3 is 2.57 bits per heavy atom. The molecule has 120 valence electrons. The maximum absolute atomic E-state index is 6.44. The Hall–Kier alpha value is -0.203. The predicted molar refractivity (Wildman–Crippen MR) is 84.0 cm³/mol. The molecule has 0 aliphatic carbocycles. The number of epoxide rings is 1. The second kappa shape index (κ2) is 5.17. The summed E-state index contributed by atoms with van der Waals surface area (Å²) in [4.78, 5) is 0. The molecule has 4 atom stereocenters. The van der Waals surface area contributed by atoms with Crippen LogP contribution in [0, 0.1) is 0 Å². The van der Waals surface area contributed by atoms with Crippen LogP contribution in [0.15, 0.2) is 12.2 Å². The van der Waals surface area contributed by atoms with Crippen LogP contribution >= 0.6 is 0 Å². The second-order valence-corrected chi connectivity index (χ2v) is 12.8. The van der Waals surface area contributed by atoms with Crippen molar-refractivity contribution < 1.29 is 18.6 Å². The van der Waals surface area contributed by atoms with Crippen LogP contribution in [0.25, 0.3) is 0 Å². The monoisotopic (exact) mass is 312 g/mol. The van der Waals surface area contributed by atoms with E-state index in [1.54, 1.807) is 0 Å². The van der Waals surface area contributed by atoms with Gasteiger partial charge in [0.05, 0.1) is 25.9 Å². The summed E-state index contributed by atoms with van der Waals surface area (Å²) >= 11 is 0. The van der Waals surface area contributed by atoms with E-state index < -0.39 is 8.32 Å². The zero-order valence-corrected chi connectivity index (χ0v) is 14.8. The molecule has 0 saturated carbocycles. The Bertz CT molecular complexity index is 424. The summed E-state index contributed by atoms with van der Waals surface area (Å²) in [6.45, 7) is 13.5. The number of hydrogen-bond acceptors (Lipinski definition) is 4. The second-order valence-electron chi connectivity index (χ2n) is 8.02. The van der Waals surface area contributed by atoms with Crippen molar-refractivity contribution in [1.29, 1.82) is 0 Å². The fraction of sp³-hybridized carbons (Fsp3) is 0.875. The smallest absolute Gasteiger partial charge is 0.192 e. The van der Waals surface area contributed by atoms with Gasteiger partial charge in [-0.1, -0.05) is 32.9 Å². The van der Waals surface area contributed by atoms with Crippen molar-refractivity contribution in [2.24, 2.45) is 0 Å². The van der Waals surface area contributed by atoms with Crippen molar-refractivity contribution in [3.63, 3.8) is 0 Å². The Balaban J connectivity index is 1.70. The van der Waals surface area contributed by atoms with E-state index in [1.165, 1.54) is 0 Å². The molecule has 3 heterocycles. The van der Waals surface area contributed by atoms with Crippen LogP contribution in [-0.2, 0) is 18.6 Å². The number of hydrogen-bond donors (Lipinski definition) is 0. The van der Waals surface area contributed by atoms with E-state index in [0.29, 0.717) is 13.2 Å². The minimum Gasteiger partial charge on any atom is -0.414 e. The molecule has 5 heteroatoms. The van der Waals surface area contributed by atoms with Crippen LogP contribution in [-0.4, -0.2) is 52.1 Å². The molecule has 3 aliphatic rings.